The molecule has 2 unspecified atom stereocenters. The molecule has 0 aliphatic carbocycles. The van der Waals surface area contributed by atoms with Gasteiger partial charge in [0.05, 0.1) is 60.8 Å². The van der Waals surface area contributed by atoms with Crippen LogP contribution in [0.25, 0.3) is 0 Å². The Kier molecular flexibility index (Phi) is 9.96. The van der Waals surface area contributed by atoms with Gasteiger partial charge in [0.1, 0.15) is 6.04 Å². The second kappa shape index (κ2) is 13.3. The van der Waals surface area contributed by atoms with Crippen molar-refractivity contribution in [1.29, 1.82) is 0 Å². The molecular formula is C28H27F9N6O4. The third-order valence-electron chi connectivity index (χ3n) is 7.27. The lowest BCUT2D eigenvalue weighted by molar-refractivity contribution is -0.143. The second-order valence-electron chi connectivity index (χ2n) is 10.3. The summed E-state index contributed by atoms with van der Waals surface area (Å²) < 4.78 is 135. The third kappa shape index (κ3) is 7.70. The number of carbonyl (C=O) groups is 2. The van der Waals surface area contributed by atoms with E-state index in [2.05, 4.69) is 20.1 Å². The number of carbonyl (C=O) groups excluding carboxylic acids is 2. The van der Waals surface area contributed by atoms with Crippen molar-refractivity contribution in [1.82, 2.24) is 20.2 Å². The van der Waals surface area contributed by atoms with Gasteiger partial charge in [-0.2, -0.15) is 44.3 Å². The van der Waals surface area contributed by atoms with E-state index in [1.807, 2.05) is 0 Å². The highest BCUT2D eigenvalue weighted by Gasteiger charge is 2.44. The highest BCUT2D eigenvalue weighted by molar-refractivity contribution is 5.95. The van der Waals surface area contributed by atoms with Crippen molar-refractivity contribution in [2.75, 3.05) is 30.1 Å². The van der Waals surface area contributed by atoms with Crippen molar-refractivity contribution in [2.24, 2.45) is 0 Å². The number of methoxy groups -OCH3 is 1. The number of halogens is 9. The van der Waals surface area contributed by atoms with E-state index in [9.17, 15) is 49.1 Å². The lowest BCUT2D eigenvalue weighted by Crippen LogP contribution is -2.53. The Morgan fingerprint density at radius 3 is 2.04 bits per heavy atom. The molecule has 10 nitrogen and oxygen atoms in total. The molecule has 256 valence electrons. The van der Waals surface area contributed by atoms with Gasteiger partial charge in [-0.05, 0) is 60.5 Å². The largest absolute Gasteiger partial charge is 0.469 e. The Hall–Kier alpha value is -4.58. The molecule has 0 N–H and O–H groups in total. The van der Waals surface area contributed by atoms with Crippen LogP contribution in [0.2, 0.25) is 0 Å². The molecule has 2 heterocycles. The van der Waals surface area contributed by atoms with E-state index < -0.39 is 77.3 Å². The van der Waals surface area contributed by atoms with Gasteiger partial charge in [-0.15, -0.1) is 10.2 Å². The summed E-state index contributed by atoms with van der Waals surface area (Å²) in [7, 11) is 1.11. The first-order chi connectivity index (χ1) is 21.9. The van der Waals surface area contributed by atoms with Crippen LogP contribution in [0.1, 0.15) is 60.8 Å². The van der Waals surface area contributed by atoms with Crippen LogP contribution in [0.3, 0.4) is 0 Å². The van der Waals surface area contributed by atoms with Crippen LogP contribution in [-0.2, 0) is 39.3 Å². The molecule has 1 aromatic heterocycles. The number of esters is 1. The predicted molar refractivity (Wildman–Crippen MR) is 145 cm³/mol. The molecule has 3 aromatic rings. The number of alkyl halides is 9. The van der Waals surface area contributed by atoms with Crippen molar-refractivity contribution < 1.29 is 58.6 Å². The van der Waals surface area contributed by atoms with E-state index in [-0.39, 0.29) is 43.4 Å². The average Bonchev–Trinajstić information content (AvgIpc) is 3.46. The molecule has 19 heteroatoms. The van der Waals surface area contributed by atoms with E-state index in [1.165, 1.54) is 6.92 Å². The average molecular weight is 683 g/mol. The number of nitrogens with zero attached hydrogens (tertiary/aromatic N) is 6. The first-order valence-corrected chi connectivity index (χ1v) is 14.0. The molecule has 1 aliphatic heterocycles. The number of amides is 1. The Labute approximate surface area is 261 Å². The molecule has 0 saturated heterocycles. The number of benzene rings is 2. The lowest BCUT2D eigenvalue weighted by Gasteiger charge is -2.45. The number of anilines is 2. The summed E-state index contributed by atoms with van der Waals surface area (Å²) in [5.41, 5.74) is -5.80. The maximum Gasteiger partial charge on any atom is 0.416 e. The molecule has 2 aromatic carbocycles. The molecule has 1 aliphatic rings. The number of aryl methyl sites for hydroxylation is 1. The van der Waals surface area contributed by atoms with Crippen LogP contribution < -0.4 is 9.80 Å². The summed E-state index contributed by atoms with van der Waals surface area (Å²) in [6.45, 7) is 2.36. The first-order valence-electron chi connectivity index (χ1n) is 14.0. The summed E-state index contributed by atoms with van der Waals surface area (Å²) in [5.74, 6) is -1.19. The summed E-state index contributed by atoms with van der Waals surface area (Å²) >= 11 is 0. The van der Waals surface area contributed by atoms with Crippen LogP contribution in [0.5, 0.6) is 0 Å². The van der Waals surface area contributed by atoms with Crippen molar-refractivity contribution >= 4 is 23.4 Å². The molecule has 47 heavy (non-hydrogen) atoms. The van der Waals surface area contributed by atoms with Crippen LogP contribution >= 0.6 is 0 Å². The standard InChI is InChI=1S/C28H27F9N6O4/c1-4-19-14-41(21-13-16(26(29,30)31)6-7-20(21)43(19)25(45)47-5-2)23(24-38-40-42(39-24)9-8-22(44)46-3)15-10-17(27(32,33)34)12-18(11-15)28(35,36)37/h6-7,10-13,19,23H,4-5,8-9,14H2,1-3H3. The van der Waals surface area contributed by atoms with Crippen molar-refractivity contribution in [3.63, 3.8) is 0 Å². The van der Waals surface area contributed by atoms with E-state index >= 15 is 0 Å². The minimum absolute atomic E-state index is 0.0928. The van der Waals surface area contributed by atoms with Gasteiger partial charge in [-0.1, -0.05) is 6.92 Å². The monoisotopic (exact) mass is 682 g/mol. The van der Waals surface area contributed by atoms with Gasteiger partial charge in [-0.3, -0.25) is 9.69 Å². The topological polar surface area (TPSA) is 103 Å². The molecule has 0 spiro atoms. The summed E-state index contributed by atoms with van der Waals surface area (Å²) in [5, 5.41) is 11.7. The molecule has 4 rings (SSSR count). The van der Waals surface area contributed by atoms with Crippen LogP contribution in [-0.4, -0.2) is 58.6 Å². The van der Waals surface area contributed by atoms with Gasteiger partial charge in [0.25, 0.3) is 0 Å². The van der Waals surface area contributed by atoms with Gasteiger partial charge < -0.3 is 14.4 Å². The molecule has 2 atom stereocenters. The van der Waals surface area contributed by atoms with Gasteiger partial charge in [0, 0.05) is 6.54 Å². The van der Waals surface area contributed by atoms with Gasteiger partial charge in [-0.25, -0.2) is 4.79 Å². The first kappa shape index (κ1) is 35.3. The van der Waals surface area contributed by atoms with Crippen molar-refractivity contribution in [2.45, 2.75) is 63.8 Å². The highest BCUT2D eigenvalue weighted by atomic mass is 19.4. The Morgan fingerprint density at radius 1 is 0.894 bits per heavy atom. The van der Waals surface area contributed by atoms with Crippen molar-refractivity contribution in [3.05, 3.63) is 64.5 Å². The zero-order valence-corrected chi connectivity index (χ0v) is 24.9. The summed E-state index contributed by atoms with van der Waals surface area (Å²) in [4.78, 5) is 27.7. The summed E-state index contributed by atoms with van der Waals surface area (Å²) in [6, 6.07) is 0.333. The van der Waals surface area contributed by atoms with E-state index in [1.54, 1.807) is 6.92 Å². The quantitative estimate of drug-likeness (QED) is 0.193. The fourth-order valence-corrected chi connectivity index (χ4v) is 5.09. The second-order valence-corrected chi connectivity index (χ2v) is 10.3. The van der Waals surface area contributed by atoms with E-state index in [0.29, 0.717) is 24.3 Å². The Bertz CT molecular complexity index is 1570. The number of fused-ring (bicyclic) bond motifs is 1. The van der Waals surface area contributed by atoms with Crippen molar-refractivity contribution in [3.8, 4) is 0 Å². The number of hydrogen-bond donors (Lipinski definition) is 0. The smallest absolute Gasteiger partial charge is 0.416 e. The SMILES string of the molecule is CCOC(=O)N1c2ccc(C(F)(F)F)cc2N(C(c2cc(C(F)(F)F)cc(C(F)(F)F)c2)c2nnn(CCC(=O)OC)n2)CC1CC. The molecular weight excluding hydrogens is 655 g/mol. The number of rotatable bonds is 8. The number of tetrazole rings is 1. The van der Waals surface area contributed by atoms with Gasteiger partial charge in [0.2, 0.25) is 5.82 Å². The third-order valence-corrected chi connectivity index (χ3v) is 7.27. The molecule has 0 radical (unpaired) electrons. The van der Waals surface area contributed by atoms with Crippen LogP contribution in [0, 0.1) is 0 Å². The normalized spacial score (nSPS) is 16.1. The molecule has 0 saturated carbocycles. The minimum atomic E-state index is -5.26. The molecule has 0 fully saturated rings. The van der Waals surface area contributed by atoms with Gasteiger partial charge in [0.15, 0.2) is 0 Å². The fourth-order valence-electron chi connectivity index (χ4n) is 5.09. The zero-order chi connectivity index (χ0) is 34.9. The van der Waals surface area contributed by atoms with E-state index in [4.69, 9.17) is 4.74 Å². The van der Waals surface area contributed by atoms with Gasteiger partial charge >= 0.3 is 30.6 Å². The molecule has 1 amide bonds. The number of hydrogen-bond acceptors (Lipinski definition) is 8. The predicted octanol–water partition coefficient (Wildman–Crippen LogP) is 6.64. The minimum Gasteiger partial charge on any atom is -0.469 e. The Morgan fingerprint density at radius 2 is 1.51 bits per heavy atom. The number of aromatic nitrogens is 4. The van der Waals surface area contributed by atoms with E-state index in [0.717, 1.165) is 27.8 Å². The lowest BCUT2D eigenvalue weighted by atomic mass is 9.94. The highest BCUT2D eigenvalue weighted by Crippen LogP contribution is 2.47. The Balaban J connectivity index is 2.02. The zero-order valence-electron chi connectivity index (χ0n) is 24.9. The molecule has 0 bridgehead atoms. The maximum atomic E-state index is 14.0. The maximum absolute atomic E-state index is 14.0. The van der Waals surface area contributed by atoms with Crippen LogP contribution in [0.4, 0.5) is 55.7 Å². The fraction of sp³-hybridized carbons (Fsp3) is 0.464. The number of ether oxygens (including phenoxy) is 2. The van der Waals surface area contributed by atoms with Crippen LogP contribution in [0.15, 0.2) is 36.4 Å². The summed E-state index contributed by atoms with van der Waals surface area (Å²) in [6.07, 6.45) is -16.5.